The van der Waals surface area contributed by atoms with Crippen LogP contribution in [-0.2, 0) is 13.2 Å². The van der Waals surface area contributed by atoms with E-state index in [0.717, 1.165) is 57.5 Å². The fourth-order valence-electron chi connectivity index (χ4n) is 3.65. The fourth-order valence-corrected chi connectivity index (χ4v) is 4.17. The SMILES string of the molecule is Cc1cc(Cl)cc(C)c1N1CCn2c1nc1c(Cl)ccc(CO)c12. The zero-order chi connectivity index (χ0) is 17.0. The summed E-state index contributed by atoms with van der Waals surface area (Å²) in [7, 11) is 0. The van der Waals surface area contributed by atoms with E-state index in [4.69, 9.17) is 28.2 Å². The van der Waals surface area contributed by atoms with Crippen LogP contribution < -0.4 is 4.90 Å². The summed E-state index contributed by atoms with van der Waals surface area (Å²) in [6, 6.07) is 7.60. The van der Waals surface area contributed by atoms with Gasteiger partial charge in [0.25, 0.3) is 0 Å². The first kappa shape index (κ1) is 15.8. The van der Waals surface area contributed by atoms with E-state index in [1.807, 2.05) is 18.2 Å². The Morgan fingerprint density at radius 3 is 2.50 bits per heavy atom. The summed E-state index contributed by atoms with van der Waals surface area (Å²) < 4.78 is 2.14. The molecular weight excluding hydrogens is 345 g/mol. The maximum atomic E-state index is 9.67. The van der Waals surface area contributed by atoms with Crippen LogP contribution in [0.1, 0.15) is 16.7 Å². The number of hydrogen-bond acceptors (Lipinski definition) is 3. The number of aryl methyl sites for hydroxylation is 2. The summed E-state index contributed by atoms with van der Waals surface area (Å²) >= 11 is 12.5. The minimum Gasteiger partial charge on any atom is -0.392 e. The Hall–Kier alpha value is -1.75. The van der Waals surface area contributed by atoms with Crippen molar-refractivity contribution in [2.75, 3.05) is 11.4 Å². The van der Waals surface area contributed by atoms with Crippen LogP contribution in [0.2, 0.25) is 10.0 Å². The van der Waals surface area contributed by atoms with Crippen LogP contribution in [0, 0.1) is 13.8 Å². The highest BCUT2D eigenvalue weighted by molar-refractivity contribution is 6.35. The lowest BCUT2D eigenvalue weighted by Gasteiger charge is -2.21. The molecular formula is C18H17Cl2N3O. The van der Waals surface area contributed by atoms with Crippen molar-refractivity contribution in [2.24, 2.45) is 0 Å². The van der Waals surface area contributed by atoms with E-state index in [0.29, 0.717) is 5.02 Å². The summed E-state index contributed by atoms with van der Waals surface area (Å²) in [4.78, 5) is 6.98. The maximum absolute atomic E-state index is 9.67. The third-order valence-electron chi connectivity index (χ3n) is 4.59. The van der Waals surface area contributed by atoms with Gasteiger partial charge < -0.3 is 14.6 Å². The molecule has 0 spiro atoms. The number of halogens is 2. The van der Waals surface area contributed by atoms with Crippen molar-refractivity contribution < 1.29 is 5.11 Å². The quantitative estimate of drug-likeness (QED) is 0.724. The van der Waals surface area contributed by atoms with Gasteiger partial charge in [0.2, 0.25) is 5.95 Å². The number of imidazole rings is 1. The van der Waals surface area contributed by atoms with Gasteiger partial charge in [0, 0.05) is 29.4 Å². The van der Waals surface area contributed by atoms with E-state index >= 15 is 0 Å². The molecule has 3 aromatic rings. The zero-order valence-corrected chi connectivity index (χ0v) is 15.0. The summed E-state index contributed by atoms with van der Waals surface area (Å²) in [6.07, 6.45) is 0. The van der Waals surface area contributed by atoms with E-state index < -0.39 is 0 Å². The molecule has 0 bridgehead atoms. The average Bonchev–Trinajstić information content (AvgIpc) is 3.08. The van der Waals surface area contributed by atoms with Crippen LogP contribution >= 0.6 is 23.2 Å². The number of aliphatic hydroxyl groups is 1. The topological polar surface area (TPSA) is 41.3 Å². The Bertz CT molecular complexity index is 942. The average molecular weight is 362 g/mol. The van der Waals surface area contributed by atoms with Gasteiger partial charge in [-0.05, 0) is 43.2 Å². The van der Waals surface area contributed by atoms with Crippen LogP contribution in [0.4, 0.5) is 11.6 Å². The van der Waals surface area contributed by atoms with Gasteiger partial charge in [-0.15, -0.1) is 0 Å². The molecule has 1 N–H and O–H groups in total. The summed E-state index contributed by atoms with van der Waals surface area (Å²) in [5, 5.41) is 11.0. The first-order chi connectivity index (χ1) is 11.5. The zero-order valence-electron chi connectivity index (χ0n) is 13.5. The van der Waals surface area contributed by atoms with Gasteiger partial charge in [-0.2, -0.15) is 0 Å². The van der Waals surface area contributed by atoms with E-state index in [2.05, 4.69) is 23.3 Å². The van der Waals surface area contributed by atoms with Gasteiger partial charge in [0.15, 0.2) is 0 Å². The second-order valence-corrected chi connectivity index (χ2v) is 7.01. The van der Waals surface area contributed by atoms with Gasteiger partial charge in [-0.1, -0.05) is 29.3 Å². The lowest BCUT2D eigenvalue weighted by molar-refractivity contribution is 0.283. The molecule has 0 unspecified atom stereocenters. The van der Waals surface area contributed by atoms with Crippen LogP contribution in [0.25, 0.3) is 11.0 Å². The van der Waals surface area contributed by atoms with E-state index in [1.165, 1.54) is 0 Å². The molecule has 2 aromatic carbocycles. The largest absolute Gasteiger partial charge is 0.392 e. The van der Waals surface area contributed by atoms with E-state index in [1.54, 1.807) is 6.07 Å². The standard InChI is InChI=1S/C18H17Cl2N3O/c1-10-7-13(19)8-11(2)16(10)22-5-6-23-17-12(9-24)3-4-14(20)15(17)21-18(22)23/h3-4,7-8,24H,5-6,9H2,1-2H3. The number of anilines is 2. The highest BCUT2D eigenvalue weighted by Gasteiger charge is 2.28. The van der Waals surface area contributed by atoms with E-state index in [9.17, 15) is 5.11 Å². The molecule has 6 heteroatoms. The summed E-state index contributed by atoms with van der Waals surface area (Å²) in [6.45, 7) is 5.73. The predicted molar refractivity (Wildman–Crippen MR) is 98.6 cm³/mol. The fraction of sp³-hybridized carbons (Fsp3) is 0.278. The van der Waals surface area contributed by atoms with Crippen molar-refractivity contribution in [2.45, 2.75) is 27.0 Å². The first-order valence-electron chi connectivity index (χ1n) is 7.84. The van der Waals surface area contributed by atoms with E-state index in [-0.39, 0.29) is 6.61 Å². The third kappa shape index (κ3) is 2.21. The Morgan fingerprint density at radius 1 is 1.12 bits per heavy atom. The Labute approximate surface area is 150 Å². The van der Waals surface area contributed by atoms with Crippen molar-refractivity contribution in [3.8, 4) is 0 Å². The minimum atomic E-state index is -0.0300. The van der Waals surface area contributed by atoms with Gasteiger partial charge in [0.1, 0.15) is 5.52 Å². The monoisotopic (exact) mass is 361 g/mol. The predicted octanol–water partition coefficient (Wildman–Crippen LogP) is 4.60. The van der Waals surface area contributed by atoms with Crippen molar-refractivity contribution in [3.05, 3.63) is 51.0 Å². The number of nitrogens with zero attached hydrogens (tertiary/aromatic N) is 3. The first-order valence-corrected chi connectivity index (χ1v) is 8.59. The van der Waals surface area contributed by atoms with Crippen LogP contribution in [0.3, 0.4) is 0 Å². The molecule has 0 radical (unpaired) electrons. The minimum absolute atomic E-state index is 0.0300. The second-order valence-electron chi connectivity index (χ2n) is 6.17. The van der Waals surface area contributed by atoms with Gasteiger partial charge in [-0.25, -0.2) is 4.98 Å². The lowest BCUT2D eigenvalue weighted by atomic mass is 10.1. The summed E-state index contributed by atoms with van der Waals surface area (Å²) in [5.74, 6) is 0.862. The molecule has 0 saturated carbocycles. The Kier molecular flexibility index (Phi) is 3.71. The molecule has 4 nitrogen and oxygen atoms in total. The molecule has 1 aliphatic heterocycles. The molecule has 24 heavy (non-hydrogen) atoms. The lowest BCUT2D eigenvalue weighted by Crippen LogP contribution is -2.16. The van der Waals surface area contributed by atoms with Crippen molar-refractivity contribution in [1.29, 1.82) is 0 Å². The van der Waals surface area contributed by atoms with Crippen LogP contribution in [0.5, 0.6) is 0 Å². The number of hydrogen-bond donors (Lipinski definition) is 1. The molecule has 0 aliphatic carbocycles. The Morgan fingerprint density at radius 2 is 1.83 bits per heavy atom. The Balaban J connectivity index is 1.95. The van der Waals surface area contributed by atoms with Crippen molar-refractivity contribution in [3.63, 3.8) is 0 Å². The second kappa shape index (κ2) is 5.66. The molecule has 0 saturated heterocycles. The molecule has 0 amide bonds. The molecule has 0 fully saturated rings. The molecule has 1 aromatic heterocycles. The van der Waals surface area contributed by atoms with Gasteiger partial charge >= 0.3 is 0 Å². The highest BCUT2D eigenvalue weighted by Crippen LogP contribution is 2.39. The van der Waals surface area contributed by atoms with Crippen LogP contribution in [0.15, 0.2) is 24.3 Å². The molecule has 2 heterocycles. The third-order valence-corrected chi connectivity index (χ3v) is 5.12. The highest BCUT2D eigenvalue weighted by atomic mass is 35.5. The van der Waals surface area contributed by atoms with Gasteiger partial charge in [0.05, 0.1) is 17.1 Å². The molecule has 4 rings (SSSR count). The molecule has 1 aliphatic rings. The normalized spacial score (nSPS) is 13.8. The molecule has 124 valence electrons. The molecule has 0 atom stereocenters. The van der Waals surface area contributed by atoms with Crippen LogP contribution in [-0.4, -0.2) is 21.2 Å². The smallest absolute Gasteiger partial charge is 0.211 e. The van der Waals surface area contributed by atoms with Crippen molar-refractivity contribution in [1.82, 2.24) is 9.55 Å². The number of aliphatic hydroxyl groups excluding tert-OH is 1. The maximum Gasteiger partial charge on any atom is 0.211 e. The number of rotatable bonds is 2. The van der Waals surface area contributed by atoms with Gasteiger partial charge in [-0.3, -0.25) is 0 Å². The number of benzene rings is 2. The van der Waals surface area contributed by atoms with Crippen molar-refractivity contribution >= 4 is 45.9 Å². The number of fused-ring (bicyclic) bond motifs is 3. The number of aromatic nitrogens is 2. The summed E-state index contributed by atoms with van der Waals surface area (Å²) in [5.41, 5.74) is 5.89.